The Morgan fingerprint density at radius 1 is 1.14 bits per heavy atom. The smallest absolute Gasteiger partial charge is 0.240 e. The zero-order valence-electron chi connectivity index (χ0n) is 13.0. The Morgan fingerprint density at radius 2 is 1.81 bits per heavy atom. The van der Waals surface area contributed by atoms with E-state index in [0.717, 1.165) is 25.7 Å². The minimum atomic E-state index is -0.636. The maximum Gasteiger partial charge on any atom is 0.240 e. The van der Waals surface area contributed by atoms with Crippen LogP contribution in [0.25, 0.3) is 0 Å². The van der Waals surface area contributed by atoms with Gasteiger partial charge < -0.3 is 11.1 Å². The molecule has 3 heteroatoms. The van der Waals surface area contributed by atoms with Crippen molar-refractivity contribution in [1.82, 2.24) is 5.32 Å². The first kappa shape index (κ1) is 14.6. The molecule has 1 fully saturated rings. The Hall–Kier alpha value is -1.35. The average Bonchev–Trinajstić information content (AvgIpc) is 2.95. The second-order valence-corrected chi connectivity index (χ2v) is 6.79. The number of nitrogens with two attached hydrogens (primary N) is 1. The van der Waals surface area contributed by atoms with Gasteiger partial charge in [-0.25, -0.2) is 0 Å². The lowest BCUT2D eigenvalue weighted by molar-refractivity contribution is -0.126. The van der Waals surface area contributed by atoms with Crippen molar-refractivity contribution in [2.75, 3.05) is 0 Å². The van der Waals surface area contributed by atoms with E-state index < -0.39 is 5.54 Å². The fourth-order valence-electron chi connectivity index (χ4n) is 3.68. The van der Waals surface area contributed by atoms with Gasteiger partial charge in [0.05, 0.1) is 11.6 Å². The van der Waals surface area contributed by atoms with E-state index in [0.29, 0.717) is 0 Å². The van der Waals surface area contributed by atoms with Crippen LogP contribution in [0.15, 0.2) is 18.2 Å². The van der Waals surface area contributed by atoms with Gasteiger partial charge in [0.15, 0.2) is 0 Å². The molecule has 2 aliphatic rings. The normalized spacial score (nSPS) is 21.6. The van der Waals surface area contributed by atoms with Gasteiger partial charge in [-0.2, -0.15) is 0 Å². The van der Waals surface area contributed by atoms with Gasteiger partial charge >= 0.3 is 0 Å². The van der Waals surface area contributed by atoms with Crippen LogP contribution >= 0.6 is 0 Å². The summed E-state index contributed by atoms with van der Waals surface area (Å²) in [5.74, 6) is 0.0187. The van der Waals surface area contributed by atoms with Crippen LogP contribution in [0.5, 0.6) is 0 Å². The maximum atomic E-state index is 12.4. The van der Waals surface area contributed by atoms with Crippen LogP contribution in [0.2, 0.25) is 0 Å². The van der Waals surface area contributed by atoms with Gasteiger partial charge in [-0.05, 0) is 62.1 Å². The summed E-state index contributed by atoms with van der Waals surface area (Å²) in [7, 11) is 0. The summed E-state index contributed by atoms with van der Waals surface area (Å²) < 4.78 is 0. The second kappa shape index (κ2) is 5.80. The summed E-state index contributed by atoms with van der Waals surface area (Å²) in [4.78, 5) is 12.4. The minimum absolute atomic E-state index is 0.0187. The quantitative estimate of drug-likeness (QED) is 0.897. The van der Waals surface area contributed by atoms with E-state index in [1.165, 1.54) is 42.4 Å². The number of nitrogens with one attached hydrogen (secondary N) is 1. The van der Waals surface area contributed by atoms with Gasteiger partial charge in [-0.1, -0.05) is 31.0 Å². The standard InChI is InChI=1S/C18H26N2O/c1-13(20-17(21)18(19)10-4-5-11-18)15-9-8-14-6-2-3-7-16(14)12-15/h8-9,12-13H,2-7,10-11,19H2,1H3,(H,20,21). The van der Waals surface area contributed by atoms with Gasteiger partial charge in [-0.3, -0.25) is 4.79 Å². The number of amides is 1. The summed E-state index contributed by atoms with van der Waals surface area (Å²) in [6.45, 7) is 2.06. The van der Waals surface area contributed by atoms with Crippen LogP contribution in [-0.4, -0.2) is 11.4 Å². The zero-order valence-corrected chi connectivity index (χ0v) is 13.0. The highest BCUT2D eigenvalue weighted by atomic mass is 16.2. The SMILES string of the molecule is CC(NC(=O)C1(N)CCCC1)c1ccc2c(c1)CCCC2. The van der Waals surface area contributed by atoms with Crippen molar-refractivity contribution in [3.8, 4) is 0 Å². The fraction of sp³-hybridized carbons (Fsp3) is 0.611. The molecule has 1 unspecified atom stereocenters. The lowest BCUT2D eigenvalue weighted by Crippen LogP contribution is -2.52. The Kier molecular flexibility index (Phi) is 4.03. The van der Waals surface area contributed by atoms with Gasteiger partial charge in [-0.15, -0.1) is 0 Å². The predicted molar refractivity (Wildman–Crippen MR) is 85.0 cm³/mol. The van der Waals surface area contributed by atoms with Crippen molar-refractivity contribution in [2.24, 2.45) is 5.73 Å². The van der Waals surface area contributed by atoms with E-state index in [-0.39, 0.29) is 11.9 Å². The molecule has 3 rings (SSSR count). The van der Waals surface area contributed by atoms with Gasteiger partial charge in [0.2, 0.25) is 5.91 Å². The zero-order chi connectivity index (χ0) is 14.9. The van der Waals surface area contributed by atoms with Crippen LogP contribution in [0.3, 0.4) is 0 Å². The first-order valence-corrected chi connectivity index (χ1v) is 8.30. The van der Waals surface area contributed by atoms with Gasteiger partial charge in [0.1, 0.15) is 0 Å². The summed E-state index contributed by atoms with van der Waals surface area (Å²) in [5, 5.41) is 3.12. The molecule has 114 valence electrons. The monoisotopic (exact) mass is 286 g/mol. The molecule has 0 bridgehead atoms. The fourth-order valence-corrected chi connectivity index (χ4v) is 3.68. The number of benzene rings is 1. The molecule has 1 aromatic carbocycles. The van der Waals surface area contributed by atoms with E-state index >= 15 is 0 Å². The molecule has 0 saturated heterocycles. The van der Waals surface area contributed by atoms with E-state index in [9.17, 15) is 4.79 Å². The third-order valence-corrected chi connectivity index (χ3v) is 5.17. The van der Waals surface area contributed by atoms with Crippen LogP contribution in [0, 0.1) is 0 Å². The molecule has 1 aromatic rings. The third-order valence-electron chi connectivity index (χ3n) is 5.17. The highest BCUT2D eigenvalue weighted by Crippen LogP contribution is 2.29. The van der Waals surface area contributed by atoms with E-state index in [1.807, 2.05) is 0 Å². The number of hydrogen-bond acceptors (Lipinski definition) is 2. The Morgan fingerprint density at radius 3 is 2.52 bits per heavy atom. The first-order valence-electron chi connectivity index (χ1n) is 8.30. The number of hydrogen-bond donors (Lipinski definition) is 2. The van der Waals surface area contributed by atoms with Crippen molar-refractivity contribution < 1.29 is 4.79 Å². The highest BCUT2D eigenvalue weighted by Gasteiger charge is 2.37. The number of aryl methyl sites for hydroxylation is 2. The van der Waals surface area contributed by atoms with Crippen molar-refractivity contribution in [3.05, 3.63) is 34.9 Å². The summed E-state index contributed by atoms with van der Waals surface area (Å²) in [6.07, 6.45) is 8.71. The average molecular weight is 286 g/mol. The van der Waals surface area contributed by atoms with Crippen molar-refractivity contribution in [3.63, 3.8) is 0 Å². The van der Waals surface area contributed by atoms with E-state index in [2.05, 4.69) is 30.4 Å². The molecular weight excluding hydrogens is 260 g/mol. The summed E-state index contributed by atoms with van der Waals surface area (Å²) >= 11 is 0. The van der Waals surface area contributed by atoms with Crippen LogP contribution in [-0.2, 0) is 17.6 Å². The molecule has 3 nitrogen and oxygen atoms in total. The van der Waals surface area contributed by atoms with Crippen molar-refractivity contribution >= 4 is 5.91 Å². The predicted octanol–water partition coefficient (Wildman–Crippen LogP) is 3.01. The second-order valence-electron chi connectivity index (χ2n) is 6.79. The largest absolute Gasteiger partial charge is 0.348 e. The molecule has 1 amide bonds. The molecule has 0 radical (unpaired) electrons. The van der Waals surface area contributed by atoms with E-state index in [1.54, 1.807) is 0 Å². The Bertz CT molecular complexity index is 532. The number of carbonyl (C=O) groups is 1. The molecule has 1 saturated carbocycles. The van der Waals surface area contributed by atoms with E-state index in [4.69, 9.17) is 5.73 Å². The molecule has 2 aliphatic carbocycles. The van der Waals surface area contributed by atoms with Crippen molar-refractivity contribution in [2.45, 2.75) is 69.9 Å². The Balaban J connectivity index is 1.70. The Labute approximate surface area is 127 Å². The molecule has 3 N–H and O–H groups in total. The third kappa shape index (κ3) is 2.98. The molecule has 21 heavy (non-hydrogen) atoms. The first-order chi connectivity index (χ1) is 10.1. The van der Waals surface area contributed by atoms with Crippen molar-refractivity contribution in [1.29, 1.82) is 0 Å². The number of rotatable bonds is 3. The van der Waals surface area contributed by atoms with Gasteiger partial charge in [0.25, 0.3) is 0 Å². The summed E-state index contributed by atoms with van der Waals surface area (Å²) in [5.41, 5.74) is 9.73. The lowest BCUT2D eigenvalue weighted by atomic mass is 9.89. The minimum Gasteiger partial charge on any atom is -0.348 e. The molecular formula is C18H26N2O. The van der Waals surface area contributed by atoms with Gasteiger partial charge in [0, 0.05) is 0 Å². The maximum absolute atomic E-state index is 12.4. The highest BCUT2D eigenvalue weighted by molar-refractivity contribution is 5.86. The topological polar surface area (TPSA) is 55.1 Å². The lowest BCUT2D eigenvalue weighted by Gasteiger charge is -2.26. The van der Waals surface area contributed by atoms with Crippen LogP contribution in [0.4, 0.5) is 0 Å². The molecule has 0 aromatic heterocycles. The molecule has 0 spiro atoms. The van der Waals surface area contributed by atoms with Crippen LogP contribution in [0.1, 0.15) is 68.2 Å². The number of carbonyl (C=O) groups excluding carboxylic acids is 1. The molecule has 0 heterocycles. The van der Waals surface area contributed by atoms with Crippen LogP contribution < -0.4 is 11.1 Å². The summed E-state index contributed by atoms with van der Waals surface area (Å²) in [6, 6.07) is 6.70. The molecule has 0 aliphatic heterocycles. The molecule has 1 atom stereocenters. The number of fused-ring (bicyclic) bond motifs is 1.